The minimum absolute atomic E-state index is 0. The lowest BCUT2D eigenvalue weighted by atomic mass is 10.1. The molecule has 0 saturated carbocycles. The number of carbonyl (C=O) groups is 1. The van der Waals surface area contributed by atoms with E-state index in [2.05, 4.69) is 0 Å². The molecule has 130 valence electrons. The van der Waals surface area contributed by atoms with Crippen molar-refractivity contribution in [3.05, 3.63) is 33.8 Å². The summed E-state index contributed by atoms with van der Waals surface area (Å²) in [6.45, 7) is 2.82. The standard InChI is InChI=1S/C16H22Cl2N2O2.ClH/c17-13-3-2-12(15(18)11-13)10-16(21)20-7-4-14(5-8-20)22-9-1-6-19;/h2-3,11,14H,1,4-10,19H2;1H. The molecule has 2 N–H and O–H groups in total. The summed E-state index contributed by atoms with van der Waals surface area (Å²) in [5, 5.41) is 1.12. The van der Waals surface area contributed by atoms with Gasteiger partial charge in [-0.3, -0.25) is 4.79 Å². The molecule has 0 radical (unpaired) electrons. The van der Waals surface area contributed by atoms with Crippen molar-refractivity contribution in [3.8, 4) is 0 Å². The summed E-state index contributed by atoms with van der Waals surface area (Å²) < 4.78 is 5.75. The van der Waals surface area contributed by atoms with Crippen molar-refractivity contribution in [1.82, 2.24) is 4.90 Å². The van der Waals surface area contributed by atoms with Crippen LogP contribution >= 0.6 is 35.6 Å². The Morgan fingerprint density at radius 2 is 2.00 bits per heavy atom. The van der Waals surface area contributed by atoms with Crippen molar-refractivity contribution in [1.29, 1.82) is 0 Å². The molecule has 1 aliphatic heterocycles. The summed E-state index contributed by atoms with van der Waals surface area (Å²) in [7, 11) is 0. The van der Waals surface area contributed by atoms with Crippen LogP contribution < -0.4 is 5.73 Å². The van der Waals surface area contributed by atoms with Crippen LogP contribution in [0.5, 0.6) is 0 Å². The fraction of sp³-hybridized carbons (Fsp3) is 0.562. The molecule has 1 aliphatic rings. The maximum absolute atomic E-state index is 12.3. The van der Waals surface area contributed by atoms with Crippen LogP contribution in [0.2, 0.25) is 10.0 Å². The molecule has 0 unspecified atom stereocenters. The van der Waals surface area contributed by atoms with Crippen LogP contribution in [0.1, 0.15) is 24.8 Å². The number of ether oxygens (including phenoxy) is 1. The van der Waals surface area contributed by atoms with Crippen molar-refractivity contribution in [3.63, 3.8) is 0 Å². The van der Waals surface area contributed by atoms with Crippen LogP contribution in [0.4, 0.5) is 0 Å². The summed E-state index contributed by atoms with van der Waals surface area (Å²) in [5.74, 6) is 0.102. The molecular weight excluding hydrogens is 359 g/mol. The van der Waals surface area contributed by atoms with Gasteiger partial charge in [0.1, 0.15) is 0 Å². The van der Waals surface area contributed by atoms with E-state index in [9.17, 15) is 4.79 Å². The zero-order chi connectivity index (χ0) is 15.9. The second kappa shape index (κ2) is 10.4. The fourth-order valence-corrected chi connectivity index (χ4v) is 3.02. The number of piperidine rings is 1. The molecule has 1 aromatic carbocycles. The molecule has 2 rings (SSSR count). The largest absolute Gasteiger partial charge is 0.378 e. The van der Waals surface area contributed by atoms with Gasteiger partial charge in [-0.1, -0.05) is 29.3 Å². The van der Waals surface area contributed by atoms with Gasteiger partial charge in [-0.25, -0.2) is 0 Å². The number of carbonyl (C=O) groups excluding carboxylic acids is 1. The molecule has 1 fully saturated rings. The molecular formula is C16H23Cl3N2O2. The van der Waals surface area contributed by atoms with Crippen molar-refractivity contribution in [2.45, 2.75) is 31.8 Å². The highest BCUT2D eigenvalue weighted by Crippen LogP contribution is 2.22. The van der Waals surface area contributed by atoms with Gasteiger partial charge in [-0.2, -0.15) is 0 Å². The number of nitrogens with two attached hydrogens (primary N) is 1. The number of benzene rings is 1. The third-order valence-electron chi connectivity index (χ3n) is 3.85. The fourth-order valence-electron chi connectivity index (χ4n) is 2.54. The minimum atomic E-state index is 0. The second-order valence-corrected chi connectivity index (χ2v) is 6.35. The number of halogens is 3. The van der Waals surface area contributed by atoms with Crippen LogP contribution in [0.25, 0.3) is 0 Å². The third kappa shape index (κ3) is 6.48. The summed E-state index contributed by atoms with van der Waals surface area (Å²) in [6, 6.07) is 5.24. The molecule has 7 heteroatoms. The van der Waals surface area contributed by atoms with E-state index in [0.717, 1.165) is 37.9 Å². The van der Waals surface area contributed by atoms with Gasteiger partial charge in [-0.15, -0.1) is 12.4 Å². The third-order valence-corrected chi connectivity index (χ3v) is 4.44. The second-order valence-electron chi connectivity index (χ2n) is 5.51. The summed E-state index contributed by atoms with van der Waals surface area (Å²) in [6.07, 6.45) is 3.20. The molecule has 0 aliphatic carbocycles. The van der Waals surface area contributed by atoms with Crippen LogP contribution in [0.15, 0.2) is 18.2 Å². The predicted octanol–water partition coefficient (Wildman–Crippen LogP) is 3.31. The lowest BCUT2D eigenvalue weighted by Crippen LogP contribution is -2.41. The first-order valence-electron chi connectivity index (χ1n) is 7.63. The zero-order valence-corrected chi connectivity index (χ0v) is 15.3. The maximum atomic E-state index is 12.3. The summed E-state index contributed by atoms with van der Waals surface area (Å²) >= 11 is 12.0. The van der Waals surface area contributed by atoms with Crippen molar-refractivity contribution < 1.29 is 9.53 Å². The SMILES string of the molecule is Cl.NCCCOC1CCN(C(=O)Cc2ccc(Cl)cc2Cl)CC1. The first-order valence-corrected chi connectivity index (χ1v) is 8.39. The van der Waals surface area contributed by atoms with Gasteiger partial charge >= 0.3 is 0 Å². The average molecular weight is 382 g/mol. The number of amides is 1. The van der Waals surface area contributed by atoms with Gasteiger partial charge in [0, 0.05) is 29.7 Å². The molecule has 0 aromatic heterocycles. The Morgan fingerprint density at radius 1 is 1.30 bits per heavy atom. The van der Waals surface area contributed by atoms with Crippen LogP contribution in [0.3, 0.4) is 0 Å². The van der Waals surface area contributed by atoms with Crippen molar-refractivity contribution in [2.75, 3.05) is 26.2 Å². The molecule has 0 spiro atoms. The van der Waals surface area contributed by atoms with E-state index in [1.807, 2.05) is 11.0 Å². The van der Waals surface area contributed by atoms with E-state index in [4.69, 9.17) is 33.7 Å². The smallest absolute Gasteiger partial charge is 0.227 e. The number of hydrogen-bond donors (Lipinski definition) is 1. The van der Waals surface area contributed by atoms with Crippen molar-refractivity contribution >= 4 is 41.5 Å². The van der Waals surface area contributed by atoms with Crippen LogP contribution in [0, 0.1) is 0 Å². The van der Waals surface area contributed by atoms with E-state index in [1.54, 1.807) is 12.1 Å². The van der Waals surface area contributed by atoms with E-state index < -0.39 is 0 Å². The Kier molecular flexibility index (Phi) is 9.25. The van der Waals surface area contributed by atoms with Gasteiger partial charge in [0.25, 0.3) is 0 Å². The first-order chi connectivity index (χ1) is 10.6. The minimum Gasteiger partial charge on any atom is -0.378 e. The Bertz CT molecular complexity index is 506. The normalized spacial score (nSPS) is 15.3. The molecule has 0 atom stereocenters. The number of hydrogen-bond acceptors (Lipinski definition) is 3. The van der Waals surface area contributed by atoms with Gasteiger partial charge in [-0.05, 0) is 43.5 Å². The highest BCUT2D eigenvalue weighted by molar-refractivity contribution is 6.35. The van der Waals surface area contributed by atoms with Gasteiger partial charge in [0.15, 0.2) is 0 Å². The maximum Gasteiger partial charge on any atom is 0.227 e. The Morgan fingerprint density at radius 3 is 2.61 bits per heavy atom. The van der Waals surface area contributed by atoms with Gasteiger partial charge in [0.05, 0.1) is 12.5 Å². The summed E-state index contributed by atoms with van der Waals surface area (Å²) in [5.41, 5.74) is 6.27. The molecule has 1 amide bonds. The highest BCUT2D eigenvalue weighted by Gasteiger charge is 2.23. The summed E-state index contributed by atoms with van der Waals surface area (Å²) in [4.78, 5) is 14.2. The Hall–Kier alpha value is -0.520. The van der Waals surface area contributed by atoms with Gasteiger partial charge in [0.2, 0.25) is 5.91 Å². The lowest BCUT2D eigenvalue weighted by Gasteiger charge is -2.32. The van der Waals surface area contributed by atoms with Crippen LogP contribution in [-0.2, 0) is 16.0 Å². The molecule has 1 saturated heterocycles. The average Bonchev–Trinajstić information content (AvgIpc) is 2.51. The van der Waals surface area contributed by atoms with E-state index >= 15 is 0 Å². The highest BCUT2D eigenvalue weighted by atomic mass is 35.5. The van der Waals surface area contributed by atoms with Crippen LogP contribution in [-0.4, -0.2) is 43.2 Å². The van der Waals surface area contributed by atoms with E-state index in [1.165, 1.54) is 0 Å². The molecule has 0 bridgehead atoms. The molecule has 4 nitrogen and oxygen atoms in total. The van der Waals surface area contributed by atoms with E-state index in [-0.39, 0.29) is 24.4 Å². The molecule has 23 heavy (non-hydrogen) atoms. The topological polar surface area (TPSA) is 55.6 Å². The molecule has 1 heterocycles. The number of nitrogens with zero attached hydrogens (tertiary/aromatic N) is 1. The monoisotopic (exact) mass is 380 g/mol. The van der Waals surface area contributed by atoms with Gasteiger partial charge < -0.3 is 15.4 Å². The number of rotatable bonds is 6. The Labute approximate surface area is 153 Å². The first kappa shape index (κ1) is 20.5. The number of likely N-dealkylation sites (tertiary alicyclic amines) is 1. The Balaban J connectivity index is 0.00000264. The predicted molar refractivity (Wildman–Crippen MR) is 96.6 cm³/mol. The quantitative estimate of drug-likeness (QED) is 0.769. The zero-order valence-electron chi connectivity index (χ0n) is 13.0. The molecule has 1 aromatic rings. The van der Waals surface area contributed by atoms with E-state index in [0.29, 0.717) is 29.6 Å². The lowest BCUT2D eigenvalue weighted by molar-refractivity contribution is -0.133. The van der Waals surface area contributed by atoms with Crippen molar-refractivity contribution in [2.24, 2.45) is 5.73 Å².